The first-order chi connectivity index (χ1) is 14.3. The van der Waals surface area contributed by atoms with E-state index in [0.29, 0.717) is 16.9 Å². The van der Waals surface area contributed by atoms with Crippen LogP contribution in [0.5, 0.6) is 5.75 Å². The molecule has 0 spiro atoms. The lowest BCUT2D eigenvalue weighted by atomic mass is 9.98. The Morgan fingerprint density at radius 1 is 1.10 bits per heavy atom. The van der Waals surface area contributed by atoms with Crippen LogP contribution in [0.2, 0.25) is 0 Å². The number of rotatable bonds is 6. The van der Waals surface area contributed by atoms with E-state index in [4.69, 9.17) is 4.74 Å². The van der Waals surface area contributed by atoms with Gasteiger partial charge >= 0.3 is 0 Å². The first kappa shape index (κ1) is 21.0. The maximum atomic E-state index is 12.9. The van der Waals surface area contributed by atoms with Crippen LogP contribution in [0, 0.1) is 5.82 Å². The fourth-order valence-electron chi connectivity index (χ4n) is 2.91. The summed E-state index contributed by atoms with van der Waals surface area (Å²) in [4.78, 5) is 49.7. The van der Waals surface area contributed by atoms with Crippen molar-refractivity contribution in [3.63, 3.8) is 0 Å². The van der Waals surface area contributed by atoms with Gasteiger partial charge in [0.2, 0.25) is 11.8 Å². The number of halogens is 1. The average Bonchev–Trinajstić information content (AvgIpc) is 2.73. The third kappa shape index (κ3) is 4.99. The predicted octanol–water partition coefficient (Wildman–Crippen LogP) is 1.36. The predicted molar refractivity (Wildman–Crippen MR) is 104 cm³/mol. The minimum absolute atomic E-state index is 0.0957. The van der Waals surface area contributed by atoms with Crippen molar-refractivity contribution < 1.29 is 28.3 Å². The zero-order valence-electron chi connectivity index (χ0n) is 16.2. The fraction of sp³-hybridized carbons (Fsp3) is 0.238. The molecule has 0 bridgehead atoms. The number of hydrazine groups is 1. The Hall–Kier alpha value is -3.75. The molecule has 1 heterocycles. The van der Waals surface area contributed by atoms with E-state index in [2.05, 4.69) is 10.9 Å². The number of ether oxygens (including phenoxy) is 1. The second kappa shape index (κ2) is 9.17. The number of hydrogen-bond acceptors (Lipinski definition) is 5. The van der Waals surface area contributed by atoms with Crippen LogP contribution in [0.3, 0.4) is 0 Å². The van der Waals surface area contributed by atoms with Crippen molar-refractivity contribution >= 4 is 23.6 Å². The zero-order chi connectivity index (χ0) is 21.7. The molecule has 4 amide bonds. The van der Waals surface area contributed by atoms with E-state index >= 15 is 0 Å². The summed E-state index contributed by atoms with van der Waals surface area (Å²) < 4.78 is 18.2. The Labute approximate surface area is 172 Å². The lowest BCUT2D eigenvalue weighted by molar-refractivity contribution is -0.133. The van der Waals surface area contributed by atoms with E-state index in [9.17, 15) is 23.6 Å². The Morgan fingerprint density at radius 3 is 2.53 bits per heavy atom. The number of benzene rings is 2. The molecular formula is C21H20FN3O5. The highest BCUT2D eigenvalue weighted by Crippen LogP contribution is 2.19. The maximum Gasteiger partial charge on any atom is 0.279 e. The standard InChI is InChI=1S/C21H20FN3O5/c1-13(30-16-8-6-15(22)7-9-16)20(28)24-23-18(26)10-11-25-19(27)12-14-4-2-3-5-17(14)21(25)29/h2-9,13H,10-12H2,1H3,(H,23,26)(H,24,28)/t13-/m1/s1. The van der Waals surface area contributed by atoms with Gasteiger partial charge in [0.1, 0.15) is 11.6 Å². The summed E-state index contributed by atoms with van der Waals surface area (Å²) in [6.07, 6.45) is -1.02. The molecule has 0 saturated carbocycles. The zero-order valence-corrected chi connectivity index (χ0v) is 16.2. The third-order valence-electron chi connectivity index (χ3n) is 4.52. The van der Waals surface area contributed by atoms with Gasteiger partial charge in [-0.2, -0.15) is 0 Å². The Morgan fingerprint density at radius 2 is 1.80 bits per heavy atom. The second-order valence-electron chi connectivity index (χ2n) is 6.69. The van der Waals surface area contributed by atoms with Gasteiger partial charge in [0, 0.05) is 18.5 Å². The summed E-state index contributed by atoms with van der Waals surface area (Å²) in [6.45, 7) is 1.36. The number of nitrogens with zero attached hydrogens (tertiary/aromatic N) is 1. The van der Waals surface area contributed by atoms with Crippen molar-refractivity contribution in [1.82, 2.24) is 15.8 Å². The van der Waals surface area contributed by atoms with Crippen LogP contribution >= 0.6 is 0 Å². The van der Waals surface area contributed by atoms with Gasteiger partial charge in [-0.3, -0.25) is 34.9 Å². The van der Waals surface area contributed by atoms with Gasteiger partial charge in [-0.25, -0.2) is 4.39 Å². The van der Waals surface area contributed by atoms with Crippen molar-refractivity contribution in [3.05, 3.63) is 65.5 Å². The van der Waals surface area contributed by atoms with Crippen LogP contribution < -0.4 is 15.6 Å². The largest absolute Gasteiger partial charge is 0.481 e. The summed E-state index contributed by atoms with van der Waals surface area (Å²) in [7, 11) is 0. The number of fused-ring (bicyclic) bond motifs is 1. The van der Waals surface area contributed by atoms with Crippen LogP contribution in [0.1, 0.15) is 29.3 Å². The molecule has 156 valence electrons. The summed E-state index contributed by atoms with van der Waals surface area (Å²) >= 11 is 0. The van der Waals surface area contributed by atoms with Crippen molar-refractivity contribution in [3.8, 4) is 5.75 Å². The van der Waals surface area contributed by atoms with Gasteiger partial charge in [0.05, 0.1) is 6.42 Å². The highest BCUT2D eigenvalue weighted by molar-refractivity contribution is 6.09. The molecular weight excluding hydrogens is 393 g/mol. The normalized spacial score (nSPS) is 14.0. The van der Waals surface area contributed by atoms with Gasteiger partial charge in [0.15, 0.2) is 6.10 Å². The lowest BCUT2D eigenvalue weighted by Crippen LogP contribution is -2.49. The smallest absolute Gasteiger partial charge is 0.279 e. The molecule has 3 rings (SSSR count). The molecule has 30 heavy (non-hydrogen) atoms. The van der Waals surface area contributed by atoms with E-state index in [1.807, 2.05) is 0 Å². The molecule has 2 aromatic carbocycles. The van der Waals surface area contributed by atoms with Gasteiger partial charge in [-0.15, -0.1) is 0 Å². The van der Waals surface area contributed by atoms with Crippen molar-refractivity contribution in [2.75, 3.05) is 6.54 Å². The highest BCUT2D eigenvalue weighted by atomic mass is 19.1. The summed E-state index contributed by atoms with van der Waals surface area (Å²) in [5.74, 6) is -2.14. The number of hydrogen-bond donors (Lipinski definition) is 2. The number of amides is 4. The van der Waals surface area contributed by atoms with E-state index in [-0.39, 0.29) is 25.3 Å². The molecule has 0 saturated heterocycles. The van der Waals surface area contributed by atoms with Gasteiger partial charge < -0.3 is 4.74 Å². The Balaban J connectivity index is 1.45. The van der Waals surface area contributed by atoms with Gasteiger partial charge in [-0.1, -0.05) is 18.2 Å². The topological polar surface area (TPSA) is 105 Å². The minimum Gasteiger partial charge on any atom is -0.481 e. The first-order valence-corrected chi connectivity index (χ1v) is 9.28. The summed E-state index contributed by atoms with van der Waals surface area (Å²) in [6, 6.07) is 12.0. The Kier molecular flexibility index (Phi) is 6.41. The average molecular weight is 413 g/mol. The molecule has 0 unspecified atom stereocenters. The van der Waals surface area contributed by atoms with E-state index in [1.165, 1.54) is 31.2 Å². The lowest BCUT2D eigenvalue weighted by Gasteiger charge is -2.26. The number of carbonyl (C=O) groups is 4. The molecule has 2 aromatic rings. The van der Waals surface area contributed by atoms with Crippen LogP contribution in [0.15, 0.2) is 48.5 Å². The van der Waals surface area contributed by atoms with Crippen molar-refractivity contribution in [2.45, 2.75) is 25.9 Å². The van der Waals surface area contributed by atoms with Gasteiger partial charge in [-0.05, 0) is 42.8 Å². The maximum absolute atomic E-state index is 12.9. The molecule has 0 fully saturated rings. The highest BCUT2D eigenvalue weighted by Gasteiger charge is 2.30. The second-order valence-corrected chi connectivity index (χ2v) is 6.69. The minimum atomic E-state index is -0.947. The van der Waals surface area contributed by atoms with Crippen molar-refractivity contribution in [1.29, 1.82) is 0 Å². The van der Waals surface area contributed by atoms with Crippen LogP contribution in [0.25, 0.3) is 0 Å². The monoisotopic (exact) mass is 413 g/mol. The fourth-order valence-corrected chi connectivity index (χ4v) is 2.91. The molecule has 0 aromatic heterocycles. The molecule has 1 atom stereocenters. The van der Waals surface area contributed by atoms with E-state index in [0.717, 1.165) is 4.90 Å². The molecule has 9 heteroatoms. The van der Waals surface area contributed by atoms with Crippen LogP contribution in [-0.2, 0) is 20.8 Å². The van der Waals surface area contributed by atoms with Crippen molar-refractivity contribution in [2.24, 2.45) is 0 Å². The number of carbonyl (C=O) groups excluding carboxylic acids is 4. The molecule has 0 aliphatic carbocycles. The van der Waals surface area contributed by atoms with Gasteiger partial charge in [0.25, 0.3) is 11.8 Å². The van der Waals surface area contributed by atoms with E-state index in [1.54, 1.807) is 24.3 Å². The molecule has 8 nitrogen and oxygen atoms in total. The number of imide groups is 1. The molecule has 0 radical (unpaired) electrons. The quantitative estimate of drug-likeness (QED) is 0.550. The molecule has 2 N–H and O–H groups in total. The Bertz CT molecular complexity index is 977. The first-order valence-electron chi connectivity index (χ1n) is 9.28. The molecule has 1 aliphatic heterocycles. The van der Waals surface area contributed by atoms with Crippen LogP contribution in [-0.4, -0.2) is 41.2 Å². The number of nitrogens with one attached hydrogen (secondary N) is 2. The SMILES string of the molecule is C[C@@H](Oc1ccc(F)cc1)C(=O)NNC(=O)CCN1C(=O)Cc2ccccc2C1=O. The summed E-state index contributed by atoms with van der Waals surface area (Å²) in [5.41, 5.74) is 5.54. The molecule has 1 aliphatic rings. The third-order valence-corrected chi connectivity index (χ3v) is 4.52. The van der Waals surface area contributed by atoms with E-state index < -0.39 is 29.6 Å². The van der Waals surface area contributed by atoms with Crippen LogP contribution in [0.4, 0.5) is 4.39 Å². The summed E-state index contributed by atoms with van der Waals surface area (Å²) in [5, 5.41) is 0.